The number of thiocarbonyl (C=S) groups is 1. The highest BCUT2D eigenvalue weighted by atomic mass is 35.5. The average Bonchev–Trinajstić information content (AvgIpc) is 2.50. The molecule has 2 N–H and O–H groups in total. The van der Waals surface area contributed by atoms with Gasteiger partial charge in [-0.3, -0.25) is 15.0 Å². The van der Waals surface area contributed by atoms with Gasteiger partial charge in [0.15, 0.2) is 5.11 Å². The van der Waals surface area contributed by atoms with Crippen LogP contribution in [0.1, 0.15) is 0 Å². The smallest absolute Gasteiger partial charge is 0.308 e. The molecule has 5 nitrogen and oxygen atoms in total. The van der Waals surface area contributed by atoms with Gasteiger partial charge in [-0.15, -0.1) is 0 Å². The van der Waals surface area contributed by atoms with Crippen molar-refractivity contribution in [2.24, 2.45) is 0 Å². The second-order valence-corrected chi connectivity index (χ2v) is 5.03. The van der Waals surface area contributed by atoms with Gasteiger partial charge < -0.3 is 5.32 Å². The minimum atomic E-state index is -0.531. The first-order chi connectivity index (χ1) is 10.6. The molecule has 0 radical (unpaired) electrons. The number of benzene rings is 2. The van der Waals surface area contributed by atoms with Crippen LogP contribution in [0, 0.1) is 0 Å². The zero-order valence-electron chi connectivity index (χ0n) is 11.3. The molecule has 2 aromatic carbocycles. The summed E-state index contributed by atoms with van der Waals surface area (Å²) in [5.41, 5.74) is 1.12. The first-order valence-corrected chi connectivity index (χ1v) is 7.06. The summed E-state index contributed by atoms with van der Waals surface area (Å²) in [5.74, 6) is 0. The number of hydrogen-bond acceptors (Lipinski definition) is 3. The highest BCUT2D eigenvalue weighted by Crippen LogP contribution is 2.17. The van der Waals surface area contributed by atoms with Crippen LogP contribution in [0.25, 0.3) is 0 Å². The summed E-state index contributed by atoms with van der Waals surface area (Å²) in [6, 6.07) is 14.9. The van der Waals surface area contributed by atoms with Crippen molar-refractivity contribution in [1.29, 1.82) is 0 Å². The van der Waals surface area contributed by atoms with Gasteiger partial charge in [0.1, 0.15) is 0 Å². The summed E-state index contributed by atoms with van der Waals surface area (Å²) in [6.45, 7) is 0. The van der Waals surface area contributed by atoms with E-state index < -0.39 is 6.03 Å². The molecule has 3 amide bonds. The van der Waals surface area contributed by atoms with Crippen molar-refractivity contribution >= 4 is 52.7 Å². The van der Waals surface area contributed by atoms with E-state index in [2.05, 4.69) is 10.6 Å². The van der Waals surface area contributed by atoms with Gasteiger partial charge in [0, 0.05) is 10.7 Å². The molecule has 0 unspecified atom stereocenters. The molecule has 0 spiro atoms. The first kappa shape index (κ1) is 15.9. The molecular weight excluding hydrogens is 322 g/mol. The third-order valence-electron chi connectivity index (χ3n) is 2.68. The van der Waals surface area contributed by atoms with Gasteiger partial charge >= 0.3 is 6.03 Å². The fourth-order valence-corrected chi connectivity index (χ4v) is 2.04. The van der Waals surface area contributed by atoms with Crippen LogP contribution < -0.4 is 15.5 Å². The van der Waals surface area contributed by atoms with Gasteiger partial charge in [-0.05, 0) is 48.6 Å². The molecule has 0 heterocycles. The van der Waals surface area contributed by atoms with Gasteiger partial charge in [0.25, 0.3) is 0 Å². The van der Waals surface area contributed by atoms with E-state index in [1.54, 1.807) is 48.5 Å². The fraction of sp³-hybridized carbons (Fsp3) is 0. The van der Waals surface area contributed by atoms with Crippen LogP contribution in [0.2, 0.25) is 5.02 Å². The van der Waals surface area contributed by atoms with E-state index >= 15 is 0 Å². The SMILES string of the molecule is O=CN(C(=S)NC(=O)Nc1ccccc1)c1ccc(Cl)cc1. The van der Waals surface area contributed by atoms with Crippen molar-refractivity contribution in [3.63, 3.8) is 0 Å². The van der Waals surface area contributed by atoms with E-state index in [1.165, 1.54) is 0 Å². The molecule has 2 rings (SSSR count). The number of para-hydroxylation sites is 1. The van der Waals surface area contributed by atoms with Crippen LogP contribution in [-0.4, -0.2) is 17.6 Å². The summed E-state index contributed by atoms with van der Waals surface area (Å²) in [6.07, 6.45) is 0.522. The van der Waals surface area contributed by atoms with E-state index in [9.17, 15) is 9.59 Å². The molecule has 0 aliphatic rings. The van der Waals surface area contributed by atoms with E-state index in [0.717, 1.165) is 4.90 Å². The van der Waals surface area contributed by atoms with Crippen LogP contribution in [-0.2, 0) is 4.79 Å². The van der Waals surface area contributed by atoms with Crippen molar-refractivity contribution in [2.75, 3.05) is 10.2 Å². The lowest BCUT2D eigenvalue weighted by molar-refractivity contribution is -0.106. The number of amides is 3. The predicted molar refractivity (Wildman–Crippen MR) is 91.2 cm³/mol. The van der Waals surface area contributed by atoms with Crippen LogP contribution in [0.4, 0.5) is 16.2 Å². The molecule has 112 valence electrons. The summed E-state index contributed by atoms with van der Waals surface area (Å²) in [4.78, 5) is 24.2. The van der Waals surface area contributed by atoms with Gasteiger partial charge in [-0.1, -0.05) is 29.8 Å². The van der Waals surface area contributed by atoms with Gasteiger partial charge in [0.2, 0.25) is 6.41 Å². The topological polar surface area (TPSA) is 61.4 Å². The van der Waals surface area contributed by atoms with Crippen LogP contribution in [0.15, 0.2) is 54.6 Å². The third-order valence-corrected chi connectivity index (χ3v) is 3.23. The standard InChI is InChI=1S/C15H12ClN3O2S/c16-11-6-8-13(9-7-11)19(10-20)15(22)18-14(21)17-12-4-2-1-3-5-12/h1-10H,(H2,17,18,21,22). The molecule has 0 fully saturated rings. The maximum absolute atomic E-state index is 11.9. The van der Waals surface area contributed by atoms with Gasteiger partial charge in [-0.2, -0.15) is 0 Å². The Hall–Kier alpha value is -2.44. The Kier molecular flexibility index (Phi) is 5.46. The molecule has 7 heteroatoms. The minimum Gasteiger partial charge on any atom is -0.308 e. The number of nitrogens with zero attached hydrogens (tertiary/aromatic N) is 1. The lowest BCUT2D eigenvalue weighted by Crippen LogP contribution is -2.44. The van der Waals surface area contributed by atoms with Crippen molar-refractivity contribution in [3.05, 3.63) is 59.6 Å². The van der Waals surface area contributed by atoms with Crippen LogP contribution >= 0.6 is 23.8 Å². The number of anilines is 2. The lowest BCUT2D eigenvalue weighted by Gasteiger charge is -2.19. The van der Waals surface area contributed by atoms with Crippen LogP contribution in [0.3, 0.4) is 0 Å². The molecule has 0 bridgehead atoms. The van der Waals surface area contributed by atoms with Gasteiger partial charge in [-0.25, -0.2) is 4.79 Å². The van der Waals surface area contributed by atoms with E-state index in [-0.39, 0.29) is 5.11 Å². The fourth-order valence-electron chi connectivity index (χ4n) is 1.67. The minimum absolute atomic E-state index is 0.0363. The van der Waals surface area contributed by atoms with Crippen molar-refractivity contribution in [3.8, 4) is 0 Å². The molecule has 0 saturated carbocycles. The normalized spacial score (nSPS) is 9.68. The van der Waals surface area contributed by atoms with Crippen molar-refractivity contribution in [2.45, 2.75) is 0 Å². The summed E-state index contributed by atoms with van der Waals surface area (Å²) < 4.78 is 0. The number of nitrogens with one attached hydrogen (secondary N) is 2. The highest BCUT2D eigenvalue weighted by Gasteiger charge is 2.14. The van der Waals surface area contributed by atoms with E-state index in [0.29, 0.717) is 22.8 Å². The maximum atomic E-state index is 11.9. The Balaban J connectivity index is 2.01. The molecule has 0 atom stereocenters. The van der Waals surface area contributed by atoms with E-state index in [4.69, 9.17) is 23.8 Å². The van der Waals surface area contributed by atoms with Crippen molar-refractivity contribution < 1.29 is 9.59 Å². The Morgan fingerprint density at radius 2 is 1.73 bits per heavy atom. The summed E-state index contributed by atoms with van der Waals surface area (Å²) in [7, 11) is 0. The van der Waals surface area contributed by atoms with Crippen molar-refractivity contribution in [1.82, 2.24) is 5.32 Å². The quantitative estimate of drug-likeness (QED) is 0.668. The predicted octanol–water partition coefficient (Wildman–Crippen LogP) is 3.41. The highest BCUT2D eigenvalue weighted by molar-refractivity contribution is 7.80. The molecule has 22 heavy (non-hydrogen) atoms. The Labute approximate surface area is 137 Å². The number of rotatable bonds is 3. The Morgan fingerprint density at radius 1 is 1.09 bits per heavy atom. The monoisotopic (exact) mass is 333 g/mol. The molecule has 0 saturated heterocycles. The third kappa shape index (κ3) is 4.28. The average molecular weight is 334 g/mol. The number of carbonyl (C=O) groups is 2. The number of halogens is 1. The molecular formula is C15H12ClN3O2S. The number of carbonyl (C=O) groups excluding carboxylic acids is 2. The molecule has 0 aromatic heterocycles. The first-order valence-electron chi connectivity index (χ1n) is 6.27. The summed E-state index contributed by atoms with van der Waals surface area (Å²) >= 11 is 10.9. The zero-order valence-corrected chi connectivity index (χ0v) is 12.9. The second-order valence-electron chi connectivity index (χ2n) is 4.20. The molecule has 2 aromatic rings. The molecule has 0 aliphatic carbocycles. The Bertz CT molecular complexity index is 677. The summed E-state index contributed by atoms with van der Waals surface area (Å²) in [5, 5.41) is 5.55. The Morgan fingerprint density at radius 3 is 2.32 bits per heavy atom. The molecule has 0 aliphatic heterocycles. The number of urea groups is 1. The van der Waals surface area contributed by atoms with Crippen LogP contribution in [0.5, 0.6) is 0 Å². The van der Waals surface area contributed by atoms with Gasteiger partial charge in [0.05, 0.1) is 5.69 Å². The zero-order chi connectivity index (χ0) is 15.9. The van der Waals surface area contributed by atoms with E-state index in [1.807, 2.05) is 6.07 Å². The maximum Gasteiger partial charge on any atom is 0.325 e. The number of hydrogen-bond donors (Lipinski definition) is 2. The lowest BCUT2D eigenvalue weighted by atomic mass is 10.3. The second kappa shape index (κ2) is 7.53. The largest absolute Gasteiger partial charge is 0.325 e.